The van der Waals surface area contributed by atoms with Gasteiger partial charge in [-0.1, -0.05) is 12.1 Å². The van der Waals surface area contributed by atoms with Crippen LogP contribution in [0.15, 0.2) is 29.3 Å². The summed E-state index contributed by atoms with van der Waals surface area (Å²) in [7, 11) is 3.52. The highest BCUT2D eigenvalue weighted by Gasteiger charge is 2.34. The van der Waals surface area contributed by atoms with E-state index in [4.69, 9.17) is 4.74 Å². The fourth-order valence-electron chi connectivity index (χ4n) is 3.23. The van der Waals surface area contributed by atoms with E-state index >= 15 is 0 Å². The first-order chi connectivity index (χ1) is 11.3. The summed E-state index contributed by atoms with van der Waals surface area (Å²) in [6, 6.07) is 9.00. The normalized spacial score (nSPS) is 21.2. The predicted octanol–water partition coefficient (Wildman–Crippen LogP) is 2.46. The summed E-state index contributed by atoms with van der Waals surface area (Å²) in [4.78, 5) is 6.97. The number of halogens is 1. The molecule has 0 aromatic heterocycles. The number of hydrogen-bond donors (Lipinski definition) is 2. The summed E-state index contributed by atoms with van der Waals surface area (Å²) in [5, 5.41) is 6.85. The van der Waals surface area contributed by atoms with Gasteiger partial charge in [0.1, 0.15) is 5.75 Å². The van der Waals surface area contributed by atoms with Crippen molar-refractivity contribution in [2.45, 2.75) is 31.8 Å². The molecule has 2 aliphatic rings. The van der Waals surface area contributed by atoms with Crippen LogP contribution in [-0.4, -0.2) is 50.7 Å². The Kier molecular flexibility index (Phi) is 7.61. The van der Waals surface area contributed by atoms with Gasteiger partial charge in [0.15, 0.2) is 5.96 Å². The Bertz CT molecular complexity index is 548. The van der Waals surface area contributed by atoms with Crippen molar-refractivity contribution in [2.75, 3.05) is 33.8 Å². The molecule has 2 fully saturated rings. The summed E-state index contributed by atoms with van der Waals surface area (Å²) in [6.45, 7) is 4.26. The number of benzene rings is 1. The Labute approximate surface area is 162 Å². The fraction of sp³-hybridized carbons (Fsp3) is 0.611. The van der Waals surface area contributed by atoms with Gasteiger partial charge >= 0.3 is 0 Å². The van der Waals surface area contributed by atoms with E-state index < -0.39 is 0 Å². The second-order valence-electron chi connectivity index (χ2n) is 6.54. The number of aliphatic imine (C=N–C) groups is 1. The Morgan fingerprint density at radius 1 is 1.29 bits per heavy atom. The molecule has 1 aliphatic carbocycles. The van der Waals surface area contributed by atoms with Gasteiger partial charge in [-0.3, -0.25) is 4.99 Å². The van der Waals surface area contributed by atoms with E-state index in [-0.39, 0.29) is 24.0 Å². The minimum absolute atomic E-state index is 0. The molecule has 1 saturated heterocycles. The summed E-state index contributed by atoms with van der Waals surface area (Å²) in [6.07, 6.45) is 4.12. The van der Waals surface area contributed by atoms with Crippen molar-refractivity contribution in [1.29, 1.82) is 0 Å². The van der Waals surface area contributed by atoms with E-state index in [0.29, 0.717) is 0 Å². The van der Waals surface area contributed by atoms with E-state index in [1.54, 1.807) is 7.11 Å². The van der Waals surface area contributed by atoms with Crippen molar-refractivity contribution in [2.24, 2.45) is 10.9 Å². The lowest BCUT2D eigenvalue weighted by Crippen LogP contribution is -2.40. The maximum atomic E-state index is 5.26. The number of nitrogens with zero attached hydrogens (tertiary/aromatic N) is 2. The Hall–Kier alpha value is -1.02. The zero-order valence-electron chi connectivity index (χ0n) is 14.6. The van der Waals surface area contributed by atoms with Crippen LogP contribution >= 0.6 is 24.0 Å². The quantitative estimate of drug-likeness (QED) is 0.402. The molecule has 6 heteroatoms. The lowest BCUT2D eigenvalue weighted by molar-refractivity contribution is 0.314. The van der Waals surface area contributed by atoms with Crippen molar-refractivity contribution >= 4 is 29.9 Å². The highest BCUT2D eigenvalue weighted by Crippen LogP contribution is 2.31. The highest BCUT2D eigenvalue weighted by atomic mass is 127. The first-order valence-corrected chi connectivity index (χ1v) is 8.60. The van der Waals surface area contributed by atoms with E-state index in [2.05, 4.69) is 26.6 Å². The van der Waals surface area contributed by atoms with Gasteiger partial charge in [0.05, 0.1) is 7.11 Å². The average molecular weight is 444 g/mol. The van der Waals surface area contributed by atoms with E-state index in [1.807, 2.05) is 25.2 Å². The maximum Gasteiger partial charge on any atom is 0.191 e. The molecule has 24 heavy (non-hydrogen) atoms. The topological polar surface area (TPSA) is 48.9 Å². The third-order valence-electron chi connectivity index (χ3n) is 4.76. The number of ether oxygens (including phenoxy) is 1. The Morgan fingerprint density at radius 3 is 2.83 bits per heavy atom. The van der Waals surface area contributed by atoms with Crippen LogP contribution in [0.25, 0.3) is 0 Å². The zero-order valence-corrected chi connectivity index (χ0v) is 17.0. The fourth-order valence-corrected chi connectivity index (χ4v) is 3.23. The molecule has 0 spiro atoms. The van der Waals surface area contributed by atoms with E-state index in [1.165, 1.54) is 37.9 Å². The summed E-state index contributed by atoms with van der Waals surface area (Å²) >= 11 is 0. The minimum atomic E-state index is 0. The second kappa shape index (κ2) is 9.46. The van der Waals surface area contributed by atoms with Gasteiger partial charge in [0, 0.05) is 32.7 Å². The highest BCUT2D eigenvalue weighted by molar-refractivity contribution is 14.0. The van der Waals surface area contributed by atoms with Crippen molar-refractivity contribution in [3.05, 3.63) is 29.8 Å². The molecule has 1 atom stereocenters. The number of nitrogens with one attached hydrogen (secondary N) is 2. The molecule has 1 unspecified atom stereocenters. The first-order valence-electron chi connectivity index (χ1n) is 8.60. The summed E-state index contributed by atoms with van der Waals surface area (Å²) in [5.74, 6) is 2.50. The van der Waals surface area contributed by atoms with Gasteiger partial charge in [-0.05, 0) is 49.4 Å². The Balaban J connectivity index is 0.00000208. The summed E-state index contributed by atoms with van der Waals surface area (Å²) in [5.41, 5.74) is 1.19. The molecule has 0 bridgehead atoms. The molecule has 1 heterocycles. The molecule has 0 radical (unpaired) electrons. The van der Waals surface area contributed by atoms with Gasteiger partial charge < -0.3 is 20.3 Å². The van der Waals surface area contributed by atoms with Crippen LogP contribution in [0.4, 0.5) is 0 Å². The van der Waals surface area contributed by atoms with Gasteiger partial charge in [0.2, 0.25) is 0 Å². The number of likely N-dealkylation sites (tertiary alicyclic amines) is 1. The van der Waals surface area contributed by atoms with E-state index in [9.17, 15) is 0 Å². The van der Waals surface area contributed by atoms with Gasteiger partial charge in [-0.15, -0.1) is 24.0 Å². The molecule has 134 valence electrons. The lowest BCUT2D eigenvalue weighted by Gasteiger charge is -2.17. The van der Waals surface area contributed by atoms with Gasteiger partial charge in [0.25, 0.3) is 0 Å². The predicted molar refractivity (Wildman–Crippen MR) is 109 cm³/mol. The first kappa shape index (κ1) is 19.3. The smallest absolute Gasteiger partial charge is 0.191 e. The molecule has 2 N–H and O–H groups in total. The van der Waals surface area contributed by atoms with Crippen LogP contribution in [-0.2, 0) is 6.54 Å². The molecule has 1 aromatic rings. The average Bonchev–Trinajstić information content (AvgIpc) is 3.34. The largest absolute Gasteiger partial charge is 0.497 e. The molecule has 1 aromatic carbocycles. The molecule has 1 aliphatic heterocycles. The van der Waals surface area contributed by atoms with Crippen LogP contribution in [0.2, 0.25) is 0 Å². The lowest BCUT2D eigenvalue weighted by atomic mass is 10.1. The monoisotopic (exact) mass is 444 g/mol. The van der Waals surface area contributed by atoms with Gasteiger partial charge in [-0.25, -0.2) is 0 Å². The van der Waals surface area contributed by atoms with Crippen molar-refractivity contribution in [3.63, 3.8) is 0 Å². The van der Waals surface area contributed by atoms with Crippen molar-refractivity contribution in [3.8, 4) is 5.75 Å². The minimum Gasteiger partial charge on any atom is -0.497 e. The molecule has 3 rings (SSSR count). The van der Waals surface area contributed by atoms with Crippen LogP contribution in [0.1, 0.15) is 24.8 Å². The number of guanidine groups is 1. The molecule has 0 amide bonds. The van der Waals surface area contributed by atoms with Crippen molar-refractivity contribution in [1.82, 2.24) is 15.5 Å². The number of methoxy groups -OCH3 is 1. The zero-order chi connectivity index (χ0) is 16.1. The van der Waals surface area contributed by atoms with Gasteiger partial charge in [-0.2, -0.15) is 0 Å². The van der Waals surface area contributed by atoms with Crippen LogP contribution in [0.3, 0.4) is 0 Å². The SMILES string of the molecule is CN=C(NCc1cccc(OC)c1)NCC1CCN(C2CC2)C1.I. The molecule has 5 nitrogen and oxygen atoms in total. The Morgan fingerprint density at radius 2 is 2.12 bits per heavy atom. The second-order valence-corrected chi connectivity index (χ2v) is 6.54. The van der Waals surface area contributed by atoms with E-state index in [0.717, 1.165) is 36.8 Å². The van der Waals surface area contributed by atoms with Crippen LogP contribution in [0, 0.1) is 5.92 Å². The van der Waals surface area contributed by atoms with Crippen LogP contribution < -0.4 is 15.4 Å². The molecular formula is C18H29IN4O. The molecular weight excluding hydrogens is 415 g/mol. The number of rotatable bonds is 6. The maximum absolute atomic E-state index is 5.26. The summed E-state index contributed by atoms with van der Waals surface area (Å²) < 4.78 is 5.26. The molecule has 1 saturated carbocycles. The third-order valence-corrected chi connectivity index (χ3v) is 4.76. The number of hydrogen-bond acceptors (Lipinski definition) is 3. The standard InChI is InChI=1S/C18H28N4O.HI/c1-19-18(20-11-14-4-3-5-17(10-14)23-2)21-12-15-8-9-22(13-15)16-6-7-16;/h3-5,10,15-16H,6-9,11-13H2,1-2H3,(H2,19,20,21);1H. The third kappa shape index (κ3) is 5.51. The van der Waals surface area contributed by atoms with Crippen molar-refractivity contribution < 1.29 is 4.74 Å². The van der Waals surface area contributed by atoms with Crippen LogP contribution in [0.5, 0.6) is 5.75 Å².